The van der Waals surface area contributed by atoms with Crippen LogP contribution in [0.15, 0.2) is 59.6 Å². The van der Waals surface area contributed by atoms with Gasteiger partial charge in [-0.15, -0.1) is 0 Å². The number of halogens is 1. The molecule has 2 aromatic carbocycles. The number of rotatable bonds is 7. The largest absolute Gasteiger partial charge is 0.495 e. The van der Waals surface area contributed by atoms with Crippen molar-refractivity contribution in [3.05, 3.63) is 65.2 Å². The molecule has 0 saturated heterocycles. The first-order valence-corrected chi connectivity index (χ1v) is 7.42. The average molecular weight is 348 g/mol. The van der Waals surface area contributed by atoms with Gasteiger partial charge in [0.2, 0.25) is 0 Å². The molecule has 0 amide bonds. The van der Waals surface area contributed by atoms with Crippen molar-refractivity contribution in [2.75, 3.05) is 19.0 Å². The number of hydrogen-bond donors (Lipinski definition) is 1. The van der Waals surface area contributed by atoms with Crippen molar-refractivity contribution in [3.8, 4) is 11.5 Å². The SMILES string of the molecule is C=CCOc1ccc(CNc2ccc(Br)c(OC)c2)cc1. The summed E-state index contributed by atoms with van der Waals surface area (Å²) in [6.45, 7) is 4.89. The number of anilines is 1. The van der Waals surface area contributed by atoms with E-state index in [4.69, 9.17) is 9.47 Å². The molecule has 3 nitrogen and oxygen atoms in total. The van der Waals surface area contributed by atoms with E-state index in [-0.39, 0.29) is 0 Å². The fourth-order valence-electron chi connectivity index (χ4n) is 1.83. The zero-order valence-electron chi connectivity index (χ0n) is 11.9. The highest BCUT2D eigenvalue weighted by molar-refractivity contribution is 9.10. The van der Waals surface area contributed by atoms with Gasteiger partial charge in [-0.25, -0.2) is 0 Å². The van der Waals surface area contributed by atoms with Crippen LogP contribution in [0.1, 0.15) is 5.56 Å². The van der Waals surface area contributed by atoms with Crippen molar-refractivity contribution >= 4 is 21.6 Å². The van der Waals surface area contributed by atoms with E-state index < -0.39 is 0 Å². The number of hydrogen-bond acceptors (Lipinski definition) is 3. The zero-order valence-corrected chi connectivity index (χ0v) is 13.5. The fraction of sp³-hybridized carbons (Fsp3) is 0.176. The standard InChI is InChI=1S/C17H18BrNO2/c1-3-10-21-15-7-4-13(5-8-15)12-19-14-6-9-16(18)17(11-14)20-2/h3-9,11,19H,1,10,12H2,2H3. The van der Waals surface area contributed by atoms with E-state index in [2.05, 4.69) is 27.8 Å². The second-order valence-electron chi connectivity index (χ2n) is 4.45. The summed E-state index contributed by atoms with van der Waals surface area (Å²) in [6.07, 6.45) is 1.73. The second kappa shape index (κ2) is 7.74. The Bertz CT molecular complexity index is 596. The van der Waals surface area contributed by atoms with Crippen molar-refractivity contribution in [1.29, 1.82) is 0 Å². The Morgan fingerprint density at radius 3 is 2.62 bits per heavy atom. The lowest BCUT2D eigenvalue weighted by atomic mass is 10.2. The Morgan fingerprint density at radius 2 is 1.95 bits per heavy atom. The minimum Gasteiger partial charge on any atom is -0.495 e. The van der Waals surface area contributed by atoms with Crippen molar-refractivity contribution in [2.24, 2.45) is 0 Å². The molecule has 0 aliphatic carbocycles. The molecule has 0 unspecified atom stereocenters. The van der Waals surface area contributed by atoms with E-state index in [1.165, 1.54) is 5.56 Å². The van der Waals surface area contributed by atoms with Gasteiger partial charge in [-0.1, -0.05) is 24.8 Å². The molecule has 0 spiro atoms. The van der Waals surface area contributed by atoms with Gasteiger partial charge in [0.15, 0.2) is 0 Å². The molecule has 0 aliphatic heterocycles. The second-order valence-corrected chi connectivity index (χ2v) is 5.30. The lowest BCUT2D eigenvalue weighted by Gasteiger charge is -2.10. The first kappa shape index (κ1) is 15.4. The summed E-state index contributed by atoms with van der Waals surface area (Å²) in [6, 6.07) is 13.9. The van der Waals surface area contributed by atoms with Gasteiger partial charge in [-0.05, 0) is 45.8 Å². The summed E-state index contributed by atoms with van der Waals surface area (Å²) in [5.41, 5.74) is 2.20. The average Bonchev–Trinajstić information content (AvgIpc) is 2.53. The first-order chi connectivity index (χ1) is 10.2. The molecule has 0 bridgehead atoms. The van der Waals surface area contributed by atoms with Crippen molar-refractivity contribution in [1.82, 2.24) is 0 Å². The molecule has 0 radical (unpaired) electrons. The summed E-state index contributed by atoms with van der Waals surface area (Å²) >= 11 is 3.44. The highest BCUT2D eigenvalue weighted by Gasteiger charge is 2.01. The van der Waals surface area contributed by atoms with Crippen LogP contribution < -0.4 is 14.8 Å². The predicted octanol–water partition coefficient (Wildman–Crippen LogP) is 4.63. The molecule has 0 fully saturated rings. The lowest BCUT2D eigenvalue weighted by Crippen LogP contribution is -2.00. The lowest BCUT2D eigenvalue weighted by molar-refractivity contribution is 0.363. The van der Waals surface area contributed by atoms with Crippen molar-refractivity contribution in [3.63, 3.8) is 0 Å². The summed E-state index contributed by atoms with van der Waals surface area (Å²) in [4.78, 5) is 0. The van der Waals surface area contributed by atoms with Gasteiger partial charge in [0.05, 0.1) is 11.6 Å². The summed E-state index contributed by atoms with van der Waals surface area (Å²) in [5, 5.41) is 3.37. The monoisotopic (exact) mass is 347 g/mol. The third-order valence-corrected chi connectivity index (χ3v) is 3.59. The summed E-state index contributed by atoms with van der Waals surface area (Å²) in [5.74, 6) is 1.66. The van der Waals surface area contributed by atoms with Crippen LogP contribution in [0.3, 0.4) is 0 Å². The highest BCUT2D eigenvalue weighted by Crippen LogP contribution is 2.28. The molecule has 0 aliphatic rings. The molecule has 110 valence electrons. The predicted molar refractivity (Wildman–Crippen MR) is 90.2 cm³/mol. The molecule has 0 aromatic heterocycles. The number of methoxy groups -OCH3 is 1. The van der Waals surface area contributed by atoms with E-state index in [0.717, 1.165) is 28.2 Å². The number of ether oxygens (including phenoxy) is 2. The van der Waals surface area contributed by atoms with E-state index in [9.17, 15) is 0 Å². The Kier molecular flexibility index (Phi) is 5.69. The smallest absolute Gasteiger partial charge is 0.135 e. The molecule has 21 heavy (non-hydrogen) atoms. The van der Waals surface area contributed by atoms with Gasteiger partial charge in [-0.3, -0.25) is 0 Å². The van der Waals surface area contributed by atoms with Crippen LogP contribution in [-0.2, 0) is 6.54 Å². The minimum absolute atomic E-state index is 0.524. The van der Waals surface area contributed by atoms with Crippen LogP contribution in [0, 0.1) is 0 Å². The Labute approximate surface area is 133 Å². The van der Waals surface area contributed by atoms with E-state index in [1.54, 1.807) is 13.2 Å². The zero-order chi connectivity index (χ0) is 15.1. The number of nitrogens with one attached hydrogen (secondary N) is 1. The van der Waals surface area contributed by atoms with E-state index in [0.29, 0.717) is 6.61 Å². The van der Waals surface area contributed by atoms with Crippen LogP contribution >= 0.6 is 15.9 Å². The van der Waals surface area contributed by atoms with Gasteiger partial charge in [0.25, 0.3) is 0 Å². The fourth-order valence-corrected chi connectivity index (χ4v) is 2.24. The third-order valence-electron chi connectivity index (χ3n) is 2.94. The van der Waals surface area contributed by atoms with E-state index >= 15 is 0 Å². The molecule has 0 atom stereocenters. The van der Waals surface area contributed by atoms with Gasteiger partial charge in [-0.2, -0.15) is 0 Å². The van der Waals surface area contributed by atoms with Crippen LogP contribution in [0.2, 0.25) is 0 Å². The topological polar surface area (TPSA) is 30.5 Å². The Balaban J connectivity index is 1.94. The maximum absolute atomic E-state index is 5.46. The molecular formula is C17H18BrNO2. The first-order valence-electron chi connectivity index (χ1n) is 6.63. The molecule has 2 rings (SSSR count). The van der Waals surface area contributed by atoms with Crippen LogP contribution in [0.25, 0.3) is 0 Å². The summed E-state index contributed by atoms with van der Waals surface area (Å²) < 4.78 is 11.7. The Morgan fingerprint density at radius 1 is 1.19 bits per heavy atom. The van der Waals surface area contributed by atoms with Gasteiger partial charge in [0.1, 0.15) is 18.1 Å². The molecule has 1 N–H and O–H groups in total. The third kappa shape index (κ3) is 4.53. The van der Waals surface area contributed by atoms with Gasteiger partial charge in [0, 0.05) is 18.3 Å². The molecular weight excluding hydrogens is 330 g/mol. The molecule has 0 heterocycles. The normalized spacial score (nSPS) is 10.0. The van der Waals surface area contributed by atoms with Crippen LogP contribution in [0.4, 0.5) is 5.69 Å². The number of benzene rings is 2. The molecule has 4 heteroatoms. The maximum Gasteiger partial charge on any atom is 0.135 e. The van der Waals surface area contributed by atoms with Gasteiger partial charge < -0.3 is 14.8 Å². The Hall–Kier alpha value is -1.94. The maximum atomic E-state index is 5.46. The molecule has 0 saturated carbocycles. The van der Waals surface area contributed by atoms with Gasteiger partial charge >= 0.3 is 0 Å². The molecule has 2 aromatic rings. The van der Waals surface area contributed by atoms with Crippen LogP contribution in [-0.4, -0.2) is 13.7 Å². The van der Waals surface area contributed by atoms with Crippen molar-refractivity contribution in [2.45, 2.75) is 6.54 Å². The minimum atomic E-state index is 0.524. The highest BCUT2D eigenvalue weighted by atomic mass is 79.9. The van der Waals surface area contributed by atoms with E-state index in [1.807, 2.05) is 42.5 Å². The summed E-state index contributed by atoms with van der Waals surface area (Å²) in [7, 11) is 1.66. The quantitative estimate of drug-likeness (QED) is 0.740. The van der Waals surface area contributed by atoms with Crippen molar-refractivity contribution < 1.29 is 9.47 Å². The van der Waals surface area contributed by atoms with Crippen LogP contribution in [0.5, 0.6) is 11.5 Å².